The molecule has 8 aromatic rings. The molecular weight excluding hydrogens is 512 g/mol. The van der Waals surface area contributed by atoms with Crippen LogP contribution >= 0.6 is 15.9 Å². The standard InChI is InChI=1S/C36H21Br/c37-34-21-20-32-29-11-4-10-28-27(18-19-31(35(28)29)30-12-5-13-33(34)36(30)32)24-16-14-23(15-17-24)26-9-3-7-22-6-1-2-8-25(22)26/h1-21H. The zero-order valence-corrected chi connectivity index (χ0v) is 21.6. The SMILES string of the molecule is Brc1ccc2c3cccc4c(-c5ccc(-c6cccc7ccccc67)cc5)ccc(c5cccc1c25)c43. The third-order valence-corrected chi connectivity index (χ3v) is 8.60. The van der Waals surface area contributed by atoms with Gasteiger partial charge in [0.2, 0.25) is 0 Å². The summed E-state index contributed by atoms with van der Waals surface area (Å²) in [6.07, 6.45) is 0. The summed E-state index contributed by atoms with van der Waals surface area (Å²) in [5, 5.41) is 13.1. The van der Waals surface area contributed by atoms with Gasteiger partial charge < -0.3 is 0 Å². The summed E-state index contributed by atoms with van der Waals surface area (Å²) < 4.78 is 1.15. The van der Waals surface area contributed by atoms with Crippen LogP contribution in [0, 0.1) is 0 Å². The molecule has 0 N–H and O–H groups in total. The van der Waals surface area contributed by atoms with E-state index in [1.54, 1.807) is 0 Å². The Morgan fingerprint density at radius 3 is 1.57 bits per heavy atom. The van der Waals surface area contributed by atoms with Crippen LogP contribution in [0.15, 0.2) is 132 Å². The van der Waals surface area contributed by atoms with E-state index in [0.717, 1.165) is 4.47 Å². The van der Waals surface area contributed by atoms with Crippen molar-refractivity contribution >= 4 is 69.8 Å². The summed E-state index contributed by atoms with van der Waals surface area (Å²) in [5.74, 6) is 0. The van der Waals surface area contributed by atoms with Gasteiger partial charge in [-0.05, 0) is 82.2 Å². The van der Waals surface area contributed by atoms with Gasteiger partial charge in [0.15, 0.2) is 0 Å². The summed E-state index contributed by atoms with van der Waals surface area (Å²) in [6.45, 7) is 0. The van der Waals surface area contributed by atoms with Crippen molar-refractivity contribution in [2.75, 3.05) is 0 Å². The van der Waals surface area contributed by atoms with Crippen molar-refractivity contribution in [1.82, 2.24) is 0 Å². The van der Waals surface area contributed by atoms with Crippen LogP contribution in [-0.4, -0.2) is 0 Å². The maximum Gasteiger partial charge on any atom is 0.0254 e. The predicted molar refractivity (Wildman–Crippen MR) is 164 cm³/mol. The highest BCUT2D eigenvalue weighted by Gasteiger charge is 2.16. The lowest BCUT2D eigenvalue weighted by Gasteiger charge is -2.17. The summed E-state index contributed by atoms with van der Waals surface area (Å²) >= 11 is 3.77. The van der Waals surface area contributed by atoms with Gasteiger partial charge in [-0.1, -0.05) is 137 Å². The predicted octanol–water partition coefficient (Wildman–Crippen LogP) is 11.0. The van der Waals surface area contributed by atoms with Gasteiger partial charge in [0.05, 0.1) is 0 Å². The van der Waals surface area contributed by atoms with Gasteiger partial charge in [-0.3, -0.25) is 0 Å². The largest absolute Gasteiger partial charge is 0.0616 e. The molecule has 0 atom stereocenters. The third-order valence-electron chi connectivity index (χ3n) is 7.90. The normalized spacial score (nSPS) is 11.9. The molecule has 37 heavy (non-hydrogen) atoms. The number of benzene rings is 8. The molecule has 0 bridgehead atoms. The molecule has 0 aliphatic carbocycles. The molecule has 0 fully saturated rings. The van der Waals surface area contributed by atoms with Crippen molar-refractivity contribution in [3.05, 3.63) is 132 Å². The van der Waals surface area contributed by atoms with E-state index in [0.29, 0.717) is 0 Å². The number of fused-ring (bicyclic) bond motifs is 3. The van der Waals surface area contributed by atoms with Crippen molar-refractivity contribution < 1.29 is 0 Å². The third kappa shape index (κ3) is 3.01. The van der Waals surface area contributed by atoms with E-state index in [4.69, 9.17) is 0 Å². The summed E-state index contributed by atoms with van der Waals surface area (Å²) in [7, 11) is 0. The van der Waals surface area contributed by atoms with Gasteiger partial charge >= 0.3 is 0 Å². The summed E-state index contributed by atoms with van der Waals surface area (Å²) in [4.78, 5) is 0. The Labute approximate surface area is 223 Å². The maximum absolute atomic E-state index is 3.77. The van der Waals surface area contributed by atoms with Crippen molar-refractivity contribution in [3.8, 4) is 22.3 Å². The van der Waals surface area contributed by atoms with Crippen LogP contribution in [0.25, 0.3) is 76.1 Å². The summed E-state index contributed by atoms with van der Waals surface area (Å²) in [6, 6.07) is 46.7. The fourth-order valence-corrected chi connectivity index (χ4v) is 6.70. The monoisotopic (exact) mass is 532 g/mol. The maximum atomic E-state index is 3.77. The number of hydrogen-bond acceptors (Lipinski definition) is 0. The van der Waals surface area contributed by atoms with Crippen LogP contribution in [0.4, 0.5) is 0 Å². The molecule has 0 unspecified atom stereocenters. The molecular formula is C36H21Br. The second kappa shape index (κ2) is 7.90. The van der Waals surface area contributed by atoms with Crippen molar-refractivity contribution in [1.29, 1.82) is 0 Å². The lowest BCUT2D eigenvalue weighted by Crippen LogP contribution is -1.89. The molecule has 0 nitrogen and oxygen atoms in total. The molecule has 0 aromatic heterocycles. The zero-order chi connectivity index (χ0) is 24.5. The summed E-state index contributed by atoms with van der Waals surface area (Å²) in [5.41, 5.74) is 5.04. The Hall–Kier alpha value is -4.20. The molecule has 172 valence electrons. The van der Waals surface area contributed by atoms with E-state index in [1.807, 2.05) is 0 Å². The minimum absolute atomic E-state index is 1.15. The molecule has 0 aliphatic heterocycles. The van der Waals surface area contributed by atoms with Gasteiger partial charge in [-0.25, -0.2) is 0 Å². The average Bonchev–Trinajstić information content (AvgIpc) is 2.96. The fourth-order valence-electron chi connectivity index (χ4n) is 6.23. The Morgan fingerprint density at radius 2 is 0.811 bits per heavy atom. The highest BCUT2D eigenvalue weighted by atomic mass is 79.9. The van der Waals surface area contributed by atoms with E-state index in [2.05, 4.69) is 143 Å². The van der Waals surface area contributed by atoms with E-state index in [-0.39, 0.29) is 0 Å². The number of hydrogen-bond donors (Lipinski definition) is 0. The molecule has 0 saturated carbocycles. The molecule has 8 aromatic carbocycles. The van der Waals surface area contributed by atoms with Crippen molar-refractivity contribution in [2.24, 2.45) is 0 Å². The van der Waals surface area contributed by atoms with Crippen LogP contribution in [-0.2, 0) is 0 Å². The lowest BCUT2D eigenvalue weighted by atomic mass is 9.87. The number of rotatable bonds is 2. The van der Waals surface area contributed by atoms with Crippen LogP contribution in [0.2, 0.25) is 0 Å². The highest BCUT2D eigenvalue weighted by molar-refractivity contribution is 9.10. The first-order valence-electron chi connectivity index (χ1n) is 12.6. The van der Waals surface area contributed by atoms with Gasteiger partial charge in [0, 0.05) is 4.47 Å². The molecule has 0 spiro atoms. The first kappa shape index (κ1) is 20.9. The van der Waals surface area contributed by atoms with Gasteiger partial charge in [0.1, 0.15) is 0 Å². The lowest BCUT2D eigenvalue weighted by molar-refractivity contribution is 1.63. The molecule has 0 saturated heterocycles. The quantitative estimate of drug-likeness (QED) is 0.153. The smallest absolute Gasteiger partial charge is 0.0254 e. The molecule has 0 aliphatic rings. The Bertz CT molecular complexity index is 2110. The average molecular weight is 533 g/mol. The highest BCUT2D eigenvalue weighted by Crippen LogP contribution is 2.44. The molecule has 1 heteroatoms. The van der Waals surface area contributed by atoms with Crippen LogP contribution in [0.1, 0.15) is 0 Å². The fraction of sp³-hybridized carbons (Fsp3) is 0. The topological polar surface area (TPSA) is 0 Å². The Balaban J connectivity index is 1.36. The second-order valence-electron chi connectivity index (χ2n) is 9.82. The van der Waals surface area contributed by atoms with Gasteiger partial charge in [-0.2, -0.15) is 0 Å². The van der Waals surface area contributed by atoms with Crippen LogP contribution < -0.4 is 0 Å². The van der Waals surface area contributed by atoms with Gasteiger partial charge in [0.25, 0.3) is 0 Å². The van der Waals surface area contributed by atoms with E-state index < -0.39 is 0 Å². The van der Waals surface area contributed by atoms with E-state index in [1.165, 1.54) is 76.1 Å². The van der Waals surface area contributed by atoms with Crippen molar-refractivity contribution in [2.45, 2.75) is 0 Å². The first-order chi connectivity index (χ1) is 18.3. The minimum Gasteiger partial charge on any atom is -0.0616 e. The molecule has 8 rings (SSSR count). The molecule has 0 radical (unpaired) electrons. The zero-order valence-electron chi connectivity index (χ0n) is 20.0. The molecule has 0 heterocycles. The van der Waals surface area contributed by atoms with Gasteiger partial charge in [-0.15, -0.1) is 0 Å². The number of halogens is 1. The van der Waals surface area contributed by atoms with E-state index in [9.17, 15) is 0 Å². The molecule has 0 amide bonds. The minimum atomic E-state index is 1.15. The second-order valence-corrected chi connectivity index (χ2v) is 10.7. The van der Waals surface area contributed by atoms with Crippen LogP contribution in [0.3, 0.4) is 0 Å². The van der Waals surface area contributed by atoms with Crippen molar-refractivity contribution in [3.63, 3.8) is 0 Å². The van der Waals surface area contributed by atoms with Crippen LogP contribution in [0.5, 0.6) is 0 Å². The Morgan fingerprint density at radius 1 is 0.324 bits per heavy atom. The first-order valence-corrected chi connectivity index (χ1v) is 13.4. The van der Waals surface area contributed by atoms with E-state index >= 15 is 0 Å². The Kier molecular flexibility index (Phi) is 4.47.